The van der Waals surface area contributed by atoms with Crippen LogP contribution in [0.25, 0.3) is 0 Å². The van der Waals surface area contributed by atoms with Crippen molar-refractivity contribution in [2.75, 3.05) is 24.6 Å². The van der Waals surface area contributed by atoms with Crippen molar-refractivity contribution in [2.45, 2.75) is 25.3 Å². The molecule has 1 fully saturated rings. The van der Waals surface area contributed by atoms with Gasteiger partial charge in [0.15, 0.2) is 0 Å². The average Bonchev–Trinajstić information content (AvgIpc) is 2.68. The molecule has 0 saturated carbocycles. The molecule has 1 aromatic heterocycles. The predicted octanol–water partition coefficient (Wildman–Crippen LogP) is 1.81. The van der Waals surface area contributed by atoms with E-state index in [4.69, 9.17) is 4.74 Å². The Bertz CT molecular complexity index is 737. The normalized spacial score (nSPS) is 22.6. The summed E-state index contributed by atoms with van der Waals surface area (Å²) in [4.78, 5) is 23.4. The lowest BCUT2D eigenvalue weighted by Gasteiger charge is -2.34. The van der Waals surface area contributed by atoms with Crippen LogP contribution in [0, 0.1) is 5.92 Å². The average molecular weight is 338 g/mol. The summed E-state index contributed by atoms with van der Waals surface area (Å²) in [7, 11) is 0. The van der Waals surface area contributed by atoms with Crippen molar-refractivity contribution in [2.24, 2.45) is 5.92 Å². The summed E-state index contributed by atoms with van der Waals surface area (Å²) in [5.41, 5.74) is 1.11. The third kappa shape index (κ3) is 3.57. The fourth-order valence-corrected chi connectivity index (χ4v) is 3.55. The molecular weight excluding hydrogens is 316 g/mol. The van der Waals surface area contributed by atoms with Crippen molar-refractivity contribution in [3.8, 4) is 5.75 Å². The molecule has 0 spiro atoms. The zero-order chi connectivity index (χ0) is 17.1. The van der Waals surface area contributed by atoms with E-state index in [1.807, 2.05) is 30.3 Å². The molecule has 130 valence electrons. The maximum Gasteiger partial charge on any atom is 0.227 e. The first-order valence-corrected chi connectivity index (χ1v) is 8.82. The number of carbonyl (C=O) groups is 1. The van der Waals surface area contributed by atoms with Gasteiger partial charge in [-0.1, -0.05) is 18.2 Å². The second-order valence-electron chi connectivity index (χ2n) is 6.66. The SMILES string of the molecule is O=C(N[C@@H]1CCCN(c2ncccn2)C1)[C@@H]1COc2ccccc2C1. The molecule has 4 rings (SSSR count). The number of ether oxygens (including phenoxy) is 1. The van der Waals surface area contributed by atoms with Gasteiger partial charge in [-0.05, 0) is 37.0 Å². The molecule has 2 atom stereocenters. The molecule has 0 aliphatic carbocycles. The molecule has 1 N–H and O–H groups in total. The van der Waals surface area contributed by atoms with E-state index in [1.54, 1.807) is 12.4 Å². The number of benzene rings is 1. The quantitative estimate of drug-likeness (QED) is 0.924. The second-order valence-corrected chi connectivity index (χ2v) is 6.66. The molecule has 0 unspecified atom stereocenters. The van der Waals surface area contributed by atoms with Gasteiger partial charge < -0.3 is 15.0 Å². The number of fused-ring (bicyclic) bond motifs is 1. The number of aromatic nitrogens is 2. The van der Waals surface area contributed by atoms with Crippen molar-refractivity contribution in [1.82, 2.24) is 15.3 Å². The van der Waals surface area contributed by atoms with E-state index in [1.165, 1.54) is 0 Å². The Kier molecular flexibility index (Phi) is 4.50. The molecule has 25 heavy (non-hydrogen) atoms. The molecule has 1 saturated heterocycles. The Morgan fingerprint density at radius 2 is 2.04 bits per heavy atom. The highest BCUT2D eigenvalue weighted by Crippen LogP contribution is 2.27. The molecular formula is C19H22N4O2. The number of para-hydroxylation sites is 1. The summed E-state index contributed by atoms with van der Waals surface area (Å²) in [5.74, 6) is 1.58. The van der Waals surface area contributed by atoms with Crippen LogP contribution in [0.2, 0.25) is 0 Å². The van der Waals surface area contributed by atoms with Gasteiger partial charge in [-0.25, -0.2) is 9.97 Å². The predicted molar refractivity (Wildman–Crippen MR) is 94.5 cm³/mol. The summed E-state index contributed by atoms with van der Waals surface area (Å²) >= 11 is 0. The van der Waals surface area contributed by atoms with Crippen LogP contribution in [0.5, 0.6) is 5.75 Å². The number of nitrogens with zero attached hydrogens (tertiary/aromatic N) is 3. The summed E-state index contributed by atoms with van der Waals surface area (Å²) in [5, 5.41) is 3.20. The van der Waals surface area contributed by atoms with Gasteiger partial charge in [0.05, 0.1) is 5.92 Å². The van der Waals surface area contributed by atoms with Crippen LogP contribution in [0.1, 0.15) is 18.4 Å². The molecule has 1 amide bonds. The molecule has 6 heteroatoms. The lowest BCUT2D eigenvalue weighted by Crippen LogP contribution is -2.50. The van der Waals surface area contributed by atoms with Gasteiger partial charge in [0, 0.05) is 31.5 Å². The first kappa shape index (κ1) is 15.9. The van der Waals surface area contributed by atoms with Crippen molar-refractivity contribution < 1.29 is 9.53 Å². The van der Waals surface area contributed by atoms with Gasteiger partial charge in [-0.2, -0.15) is 0 Å². The van der Waals surface area contributed by atoms with E-state index in [0.29, 0.717) is 6.61 Å². The molecule has 0 bridgehead atoms. The number of hydrogen-bond donors (Lipinski definition) is 1. The van der Waals surface area contributed by atoms with Crippen LogP contribution in [-0.4, -0.2) is 41.6 Å². The number of nitrogens with one attached hydrogen (secondary N) is 1. The summed E-state index contributed by atoms with van der Waals surface area (Å²) in [6, 6.07) is 9.88. The van der Waals surface area contributed by atoms with Crippen molar-refractivity contribution in [3.63, 3.8) is 0 Å². The third-order valence-corrected chi connectivity index (χ3v) is 4.85. The van der Waals surface area contributed by atoms with E-state index in [0.717, 1.165) is 49.6 Å². The Hall–Kier alpha value is -2.63. The van der Waals surface area contributed by atoms with Crippen LogP contribution in [0.4, 0.5) is 5.95 Å². The number of piperidine rings is 1. The molecule has 1 aromatic carbocycles. The maximum absolute atomic E-state index is 12.7. The third-order valence-electron chi connectivity index (χ3n) is 4.85. The van der Waals surface area contributed by atoms with Crippen LogP contribution >= 0.6 is 0 Å². The zero-order valence-corrected chi connectivity index (χ0v) is 14.1. The van der Waals surface area contributed by atoms with Gasteiger partial charge in [-0.15, -0.1) is 0 Å². The van der Waals surface area contributed by atoms with Crippen LogP contribution in [0.15, 0.2) is 42.7 Å². The largest absolute Gasteiger partial charge is 0.492 e. The number of hydrogen-bond acceptors (Lipinski definition) is 5. The van der Waals surface area contributed by atoms with Crippen molar-refractivity contribution in [1.29, 1.82) is 0 Å². The van der Waals surface area contributed by atoms with Crippen LogP contribution in [-0.2, 0) is 11.2 Å². The first-order chi connectivity index (χ1) is 12.3. The van der Waals surface area contributed by atoms with E-state index in [-0.39, 0.29) is 17.9 Å². The standard InChI is InChI=1S/C19H22N4O2/c24-18(15-11-14-5-1-2-7-17(14)25-13-15)22-16-6-3-10-23(12-16)19-20-8-4-9-21-19/h1-2,4-5,7-9,15-16H,3,6,10-13H2,(H,22,24)/t15-,16+/m0/s1. The van der Waals surface area contributed by atoms with Gasteiger partial charge in [-0.3, -0.25) is 4.79 Å². The Labute approximate surface area is 147 Å². The highest BCUT2D eigenvalue weighted by atomic mass is 16.5. The molecule has 2 aliphatic heterocycles. The molecule has 3 heterocycles. The van der Waals surface area contributed by atoms with E-state index < -0.39 is 0 Å². The lowest BCUT2D eigenvalue weighted by molar-refractivity contribution is -0.127. The van der Waals surface area contributed by atoms with E-state index >= 15 is 0 Å². The second kappa shape index (κ2) is 7.09. The number of amides is 1. The summed E-state index contributed by atoms with van der Waals surface area (Å²) in [6.45, 7) is 2.12. The number of anilines is 1. The Morgan fingerprint density at radius 1 is 1.20 bits per heavy atom. The highest BCUT2D eigenvalue weighted by Gasteiger charge is 2.29. The minimum Gasteiger partial charge on any atom is -0.492 e. The van der Waals surface area contributed by atoms with E-state index in [9.17, 15) is 4.79 Å². The minimum absolute atomic E-state index is 0.0790. The number of carbonyl (C=O) groups excluding carboxylic acids is 1. The monoisotopic (exact) mass is 338 g/mol. The lowest BCUT2D eigenvalue weighted by atomic mass is 9.95. The van der Waals surface area contributed by atoms with Gasteiger partial charge >= 0.3 is 0 Å². The minimum atomic E-state index is -0.127. The smallest absolute Gasteiger partial charge is 0.227 e. The summed E-state index contributed by atoms with van der Waals surface area (Å²) in [6.07, 6.45) is 6.25. The number of rotatable bonds is 3. The Morgan fingerprint density at radius 3 is 2.92 bits per heavy atom. The molecule has 6 nitrogen and oxygen atoms in total. The van der Waals surface area contributed by atoms with Crippen LogP contribution < -0.4 is 15.0 Å². The van der Waals surface area contributed by atoms with Crippen molar-refractivity contribution in [3.05, 3.63) is 48.3 Å². The molecule has 2 aliphatic rings. The van der Waals surface area contributed by atoms with E-state index in [2.05, 4.69) is 20.2 Å². The summed E-state index contributed by atoms with van der Waals surface area (Å²) < 4.78 is 5.75. The molecule has 2 aromatic rings. The Balaban J connectivity index is 1.36. The maximum atomic E-state index is 12.7. The van der Waals surface area contributed by atoms with Crippen LogP contribution in [0.3, 0.4) is 0 Å². The fraction of sp³-hybridized carbons (Fsp3) is 0.421. The topological polar surface area (TPSA) is 67.4 Å². The fourth-order valence-electron chi connectivity index (χ4n) is 3.55. The van der Waals surface area contributed by atoms with Gasteiger partial charge in [0.1, 0.15) is 12.4 Å². The molecule has 0 radical (unpaired) electrons. The first-order valence-electron chi connectivity index (χ1n) is 8.82. The zero-order valence-electron chi connectivity index (χ0n) is 14.1. The van der Waals surface area contributed by atoms with Crippen molar-refractivity contribution >= 4 is 11.9 Å². The highest BCUT2D eigenvalue weighted by molar-refractivity contribution is 5.80. The van der Waals surface area contributed by atoms with Gasteiger partial charge in [0.25, 0.3) is 0 Å². The van der Waals surface area contributed by atoms with Gasteiger partial charge in [0.2, 0.25) is 11.9 Å².